The van der Waals surface area contributed by atoms with Crippen LogP contribution in [0.1, 0.15) is 11.7 Å². The van der Waals surface area contributed by atoms with Crippen molar-refractivity contribution in [2.24, 2.45) is 0 Å². The second kappa shape index (κ2) is 3.12. The average Bonchev–Trinajstić information content (AvgIpc) is 2.48. The lowest BCUT2D eigenvalue weighted by Crippen LogP contribution is -2.38. The lowest BCUT2D eigenvalue weighted by Gasteiger charge is -2.22. The number of rotatable bonds is 1. The van der Waals surface area contributed by atoms with Crippen molar-refractivity contribution in [3.63, 3.8) is 0 Å². The minimum atomic E-state index is -0.873. The van der Waals surface area contributed by atoms with Crippen molar-refractivity contribution in [3.8, 4) is 0 Å². The number of hydrogen-bond acceptors (Lipinski definition) is 3. The zero-order chi connectivity index (χ0) is 9.42. The third kappa shape index (κ3) is 1.36. The second-order valence-electron chi connectivity index (χ2n) is 2.83. The fourth-order valence-electron chi connectivity index (χ4n) is 1.45. The molecule has 0 spiro atoms. The summed E-state index contributed by atoms with van der Waals surface area (Å²) in [5.41, 5.74) is 0.693. The summed E-state index contributed by atoms with van der Waals surface area (Å²) in [4.78, 5) is 10.8. The van der Waals surface area contributed by atoms with Crippen molar-refractivity contribution in [2.75, 3.05) is 6.54 Å². The third-order valence-electron chi connectivity index (χ3n) is 2.03. The number of hydrogen-bond donors (Lipinski definition) is 2. The SMILES string of the molecule is O=C(O)C1NCCn2ncc(Br)c21. The highest BCUT2D eigenvalue weighted by atomic mass is 79.9. The summed E-state index contributed by atoms with van der Waals surface area (Å²) in [6, 6.07) is -0.648. The van der Waals surface area contributed by atoms with Crippen molar-refractivity contribution in [2.45, 2.75) is 12.6 Å². The number of nitrogens with one attached hydrogen (secondary N) is 1. The quantitative estimate of drug-likeness (QED) is 0.751. The first-order valence-electron chi connectivity index (χ1n) is 3.87. The van der Waals surface area contributed by atoms with Crippen LogP contribution in [0.4, 0.5) is 0 Å². The second-order valence-corrected chi connectivity index (χ2v) is 3.68. The number of aliphatic carboxylic acids is 1. The molecule has 1 aliphatic heterocycles. The summed E-state index contributed by atoms with van der Waals surface area (Å²) in [5, 5.41) is 15.9. The van der Waals surface area contributed by atoms with Gasteiger partial charge in [-0.2, -0.15) is 5.10 Å². The highest BCUT2D eigenvalue weighted by molar-refractivity contribution is 9.10. The fraction of sp³-hybridized carbons (Fsp3) is 0.429. The Balaban J connectivity index is 2.46. The first-order chi connectivity index (χ1) is 6.20. The lowest BCUT2D eigenvalue weighted by molar-refractivity contribution is -0.140. The van der Waals surface area contributed by atoms with Crippen LogP contribution in [-0.4, -0.2) is 27.4 Å². The Kier molecular flexibility index (Phi) is 2.09. The molecular formula is C7H8BrN3O2. The predicted molar refractivity (Wildman–Crippen MR) is 48.3 cm³/mol. The van der Waals surface area contributed by atoms with E-state index in [0.29, 0.717) is 18.8 Å². The molecule has 0 aliphatic carbocycles. The molecule has 2 heterocycles. The predicted octanol–water partition coefficient (Wildman–Crippen LogP) is 0.375. The molecule has 6 heteroatoms. The first-order valence-corrected chi connectivity index (χ1v) is 4.67. The number of carbonyl (C=O) groups is 1. The molecule has 1 aromatic rings. The average molecular weight is 246 g/mol. The minimum Gasteiger partial charge on any atom is -0.480 e. The van der Waals surface area contributed by atoms with Crippen LogP contribution in [0.2, 0.25) is 0 Å². The Bertz CT molecular complexity index is 350. The first kappa shape index (κ1) is 8.71. The zero-order valence-electron chi connectivity index (χ0n) is 6.70. The Morgan fingerprint density at radius 2 is 2.62 bits per heavy atom. The molecule has 1 aliphatic rings. The highest BCUT2D eigenvalue weighted by Crippen LogP contribution is 2.25. The zero-order valence-corrected chi connectivity index (χ0v) is 8.28. The number of fused-ring (bicyclic) bond motifs is 1. The molecule has 1 unspecified atom stereocenters. The van der Waals surface area contributed by atoms with E-state index in [1.807, 2.05) is 0 Å². The van der Waals surface area contributed by atoms with E-state index in [4.69, 9.17) is 5.11 Å². The summed E-state index contributed by atoms with van der Waals surface area (Å²) in [6.45, 7) is 1.35. The van der Waals surface area contributed by atoms with Gasteiger partial charge in [0.2, 0.25) is 0 Å². The van der Waals surface area contributed by atoms with Crippen LogP contribution < -0.4 is 5.32 Å². The Morgan fingerprint density at radius 1 is 1.85 bits per heavy atom. The number of carboxylic acids is 1. The topological polar surface area (TPSA) is 67.2 Å². The Labute approximate surface area is 82.9 Å². The van der Waals surface area contributed by atoms with Gasteiger partial charge in [0.25, 0.3) is 0 Å². The molecule has 0 fully saturated rings. The maximum atomic E-state index is 10.8. The van der Waals surface area contributed by atoms with Gasteiger partial charge < -0.3 is 5.11 Å². The van der Waals surface area contributed by atoms with Crippen molar-refractivity contribution in [3.05, 3.63) is 16.4 Å². The van der Waals surface area contributed by atoms with Crippen LogP contribution in [0.3, 0.4) is 0 Å². The Morgan fingerprint density at radius 3 is 3.31 bits per heavy atom. The van der Waals surface area contributed by atoms with Crippen LogP contribution in [-0.2, 0) is 11.3 Å². The summed E-state index contributed by atoms with van der Waals surface area (Å²) >= 11 is 3.27. The van der Waals surface area contributed by atoms with Crippen LogP contribution in [0, 0.1) is 0 Å². The molecule has 2 N–H and O–H groups in total. The van der Waals surface area contributed by atoms with Crippen molar-refractivity contribution in [1.82, 2.24) is 15.1 Å². The van der Waals surface area contributed by atoms with Crippen molar-refractivity contribution in [1.29, 1.82) is 0 Å². The van der Waals surface area contributed by atoms with E-state index in [-0.39, 0.29) is 0 Å². The molecule has 0 bridgehead atoms. The maximum absolute atomic E-state index is 10.8. The van der Waals surface area contributed by atoms with E-state index in [1.165, 1.54) is 0 Å². The summed E-state index contributed by atoms with van der Waals surface area (Å²) in [6.07, 6.45) is 1.62. The van der Waals surface area contributed by atoms with Crippen molar-refractivity contribution >= 4 is 21.9 Å². The molecule has 0 radical (unpaired) electrons. The summed E-state index contributed by atoms with van der Waals surface area (Å²) in [5.74, 6) is -0.873. The molecule has 0 amide bonds. The lowest BCUT2D eigenvalue weighted by atomic mass is 10.2. The number of nitrogens with zero attached hydrogens (tertiary/aromatic N) is 2. The van der Waals surface area contributed by atoms with Gasteiger partial charge in [-0.3, -0.25) is 14.8 Å². The standard InChI is InChI=1S/C7H8BrN3O2/c8-4-3-10-11-2-1-9-5(6(4)11)7(12)13/h3,5,9H,1-2H2,(H,12,13). The van der Waals surface area contributed by atoms with E-state index >= 15 is 0 Å². The minimum absolute atomic E-state index is 0.637. The van der Waals surface area contributed by atoms with E-state index in [0.717, 1.165) is 4.47 Å². The molecule has 1 atom stereocenters. The Hall–Kier alpha value is -0.880. The number of carboxylic acid groups (broad SMARTS) is 1. The van der Waals surface area contributed by atoms with Gasteiger partial charge in [0.05, 0.1) is 22.9 Å². The van der Waals surface area contributed by atoms with Gasteiger partial charge in [0, 0.05) is 6.54 Å². The van der Waals surface area contributed by atoms with Crippen LogP contribution >= 0.6 is 15.9 Å². The van der Waals surface area contributed by atoms with Crippen LogP contribution in [0.15, 0.2) is 10.7 Å². The van der Waals surface area contributed by atoms with Gasteiger partial charge in [0.15, 0.2) is 0 Å². The van der Waals surface area contributed by atoms with Gasteiger partial charge in [0.1, 0.15) is 6.04 Å². The van der Waals surface area contributed by atoms with E-state index < -0.39 is 12.0 Å². The molecule has 70 valence electrons. The van der Waals surface area contributed by atoms with Gasteiger partial charge in [-0.05, 0) is 15.9 Å². The molecule has 13 heavy (non-hydrogen) atoms. The highest BCUT2D eigenvalue weighted by Gasteiger charge is 2.28. The van der Waals surface area contributed by atoms with Gasteiger partial charge >= 0.3 is 5.97 Å². The van der Waals surface area contributed by atoms with Crippen LogP contribution in [0.25, 0.3) is 0 Å². The monoisotopic (exact) mass is 245 g/mol. The fourth-order valence-corrected chi connectivity index (χ4v) is 1.98. The van der Waals surface area contributed by atoms with E-state index in [2.05, 4.69) is 26.3 Å². The molecule has 2 rings (SSSR count). The smallest absolute Gasteiger partial charge is 0.327 e. The molecule has 1 aromatic heterocycles. The summed E-state index contributed by atoms with van der Waals surface area (Å²) in [7, 11) is 0. The normalized spacial score (nSPS) is 21.2. The number of aromatic nitrogens is 2. The molecular weight excluding hydrogens is 238 g/mol. The molecule has 5 nitrogen and oxygen atoms in total. The molecule has 0 aromatic carbocycles. The summed E-state index contributed by atoms with van der Waals surface area (Å²) < 4.78 is 2.45. The molecule has 0 saturated heterocycles. The van der Waals surface area contributed by atoms with Crippen LogP contribution in [0.5, 0.6) is 0 Å². The van der Waals surface area contributed by atoms with Gasteiger partial charge in [-0.1, -0.05) is 0 Å². The number of halogens is 1. The van der Waals surface area contributed by atoms with Gasteiger partial charge in [-0.15, -0.1) is 0 Å². The maximum Gasteiger partial charge on any atom is 0.327 e. The van der Waals surface area contributed by atoms with Gasteiger partial charge in [-0.25, -0.2) is 0 Å². The largest absolute Gasteiger partial charge is 0.480 e. The van der Waals surface area contributed by atoms with E-state index in [9.17, 15) is 4.79 Å². The third-order valence-corrected chi connectivity index (χ3v) is 2.64. The van der Waals surface area contributed by atoms with E-state index in [1.54, 1.807) is 10.9 Å². The van der Waals surface area contributed by atoms with Crippen molar-refractivity contribution < 1.29 is 9.90 Å². The molecule has 0 saturated carbocycles.